The molecule has 6 heteroatoms. The summed E-state index contributed by atoms with van der Waals surface area (Å²) in [4.78, 5) is 17.3. The molecule has 0 aliphatic heterocycles. The number of anilines is 1. The second kappa shape index (κ2) is 5.38. The Balaban J connectivity index is 2.34. The van der Waals surface area contributed by atoms with Gasteiger partial charge in [0.05, 0.1) is 12.1 Å². The molecular formula is C10H17N3O2S. The predicted octanol–water partition coefficient (Wildman–Crippen LogP) is 0.784. The summed E-state index contributed by atoms with van der Waals surface area (Å²) < 4.78 is 0. The lowest BCUT2D eigenvalue weighted by molar-refractivity contribution is -0.117. The monoisotopic (exact) mass is 243 g/mol. The van der Waals surface area contributed by atoms with Gasteiger partial charge in [-0.1, -0.05) is 0 Å². The summed E-state index contributed by atoms with van der Waals surface area (Å²) in [7, 11) is 1.79. The lowest BCUT2D eigenvalue weighted by Gasteiger charge is -2.24. The second-order valence-corrected chi connectivity index (χ2v) is 5.26. The maximum Gasteiger partial charge on any atom is 0.240 e. The van der Waals surface area contributed by atoms with E-state index < -0.39 is 5.60 Å². The molecule has 16 heavy (non-hydrogen) atoms. The average Bonchev–Trinajstić information content (AvgIpc) is 2.51. The van der Waals surface area contributed by atoms with E-state index >= 15 is 0 Å². The Kier molecular flexibility index (Phi) is 4.40. The number of nitrogens with zero attached hydrogens (tertiary/aromatic N) is 2. The smallest absolute Gasteiger partial charge is 0.240 e. The first kappa shape index (κ1) is 13.1. The third kappa shape index (κ3) is 5.20. The molecule has 1 aromatic heterocycles. The fourth-order valence-electron chi connectivity index (χ4n) is 1.41. The van der Waals surface area contributed by atoms with Crippen molar-refractivity contribution in [3.05, 3.63) is 11.6 Å². The quantitative estimate of drug-likeness (QED) is 0.802. The molecule has 1 amide bonds. The van der Waals surface area contributed by atoms with E-state index in [1.54, 1.807) is 37.4 Å². The summed E-state index contributed by atoms with van der Waals surface area (Å²) in [6.07, 6.45) is 1.64. The highest BCUT2D eigenvalue weighted by molar-refractivity contribution is 7.13. The van der Waals surface area contributed by atoms with Crippen LogP contribution in [0.4, 0.5) is 5.13 Å². The highest BCUT2D eigenvalue weighted by atomic mass is 32.1. The van der Waals surface area contributed by atoms with Crippen molar-refractivity contribution in [2.24, 2.45) is 0 Å². The Morgan fingerprint density at radius 1 is 1.69 bits per heavy atom. The van der Waals surface area contributed by atoms with Crippen LogP contribution in [0.15, 0.2) is 11.6 Å². The summed E-state index contributed by atoms with van der Waals surface area (Å²) in [5.41, 5.74) is -0.795. The molecular weight excluding hydrogens is 226 g/mol. The summed E-state index contributed by atoms with van der Waals surface area (Å²) in [5, 5.41) is 14.7. The van der Waals surface area contributed by atoms with Crippen LogP contribution in [0.2, 0.25) is 0 Å². The Bertz CT molecular complexity index is 332. The van der Waals surface area contributed by atoms with Gasteiger partial charge in [-0.3, -0.25) is 9.69 Å². The van der Waals surface area contributed by atoms with Gasteiger partial charge in [-0.15, -0.1) is 11.3 Å². The van der Waals surface area contributed by atoms with Gasteiger partial charge < -0.3 is 10.4 Å². The zero-order valence-corrected chi connectivity index (χ0v) is 10.5. The Hall–Kier alpha value is -0.980. The van der Waals surface area contributed by atoms with Crippen LogP contribution in [0.3, 0.4) is 0 Å². The van der Waals surface area contributed by atoms with Crippen LogP contribution < -0.4 is 5.32 Å². The predicted molar refractivity (Wildman–Crippen MR) is 64.5 cm³/mol. The van der Waals surface area contributed by atoms with Crippen molar-refractivity contribution < 1.29 is 9.90 Å². The van der Waals surface area contributed by atoms with Crippen LogP contribution in [0, 0.1) is 0 Å². The number of amides is 1. The molecule has 2 N–H and O–H groups in total. The summed E-state index contributed by atoms with van der Waals surface area (Å²) in [6.45, 7) is 4.10. The standard InChI is InChI=1S/C10H17N3O2S/c1-10(2,15)7-13(3)6-8(14)12-9-11-4-5-16-9/h4-5,15H,6-7H2,1-3H3,(H,11,12,14). The molecule has 90 valence electrons. The van der Waals surface area contributed by atoms with E-state index in [1.807, 2.05) is 0 Å². The van der Waals surface area contributed by atoms with E-state index in [0.717, 1.165) is 0 Å². The molecule has 0 aromatic carbocycles. The van der Waals surface area contributed by atoms with Crippen LogP contribution in [0.5, 0.6) is 0 Å². The van der Waals surface area contributed by atoms with Crippen LogP contribution in [-0.2, 0) is 4.79 Å². The normalized spacial score (nSPS) is 11.8. The van der Waals surface area contributed by atoms with Crippen LogP contribution >= 0.6 is 11.3 Å². The van der Waals surface area contributed by atoms with Gasteiger partial charge in [0, 0.05) is 18.1 Å². The number of aromatic nitrogens is 1. The molecule has 0 saturated heterocycles. The van der Waals surface area contributed by atoms with Gasteiger partial charge in [-0.25, -0.2) is 4.98 Å². The lowest BCUT2D eigenvalue weighted by Crippen LogP contribution is -2.40. The summed E-state index contributed by atoms with van der Waals surface area (Å²) in [6, 6.07) is 0. The van der Waals surface area contributed by atoms with E-state index in [1.165, 1.54) is 11.3 Å². The highest BCUT2D eigenvalue weighted by Gasteiger charge is 2.17. The number of thiazole rings is 1. The van der Waals surface area contributed by atoms with Gasteiger partial charge in [0.2, 0.25) is 5.91 Å². The van der Waals surface area contributed by atoms with E-state index in [2.05, 4.69) is 10.3 Å². The van der Waals surface area contributed by atoms with E-state index in [0.29, 0.717) is 11.7 Å². The average molecular weight is 243 g/mol. The minimum Gasteiger partial charge on any atom is -0.389 e. The van der Waals surface area contributed by atoms with Gasteiger partial charge in [-0.2, -0.15) is 0 Å². The van der Waals surface area contributed by atoms with Crippen molar-refractivity contribution in [2.45, 2.75) is 19.4 Å². The number of carbonyl (C=O) groups excluding carboxylic acids is 1. The van der Waals surface area contributed by atoms with Gasteiger partial charge in [0.25, 0.3) is 0 Å². The maximum atomic E-state index is 11.5. The fraction of sp³-hybridized carbons (Fsp3) is 0.600. The Labute approximate surface area is 99.1 Å². The van der Waals surface area contributed by atoms with Crippen molar-refractivity contribution in [1.29, 1.82) is 0 Å². The molecule has 0 atom stereocenters. The van der Waals surface area contributed by atoms with Gasteiger partial charge >= 0.3 is 0 Å². The number of carbonyl (C=O) groups is 1. The number of aliphatic hydroxyl groups is 1. The molecule has 0 spiro atoms. The molecule has 5 nitrogen and oxygen atoms in total. The number of hydrogen-bond donors (Lipinski definition) is 2. The zero-order chi connectivity index (χ0) is 12.2. The molecule has 1 rings (SSSR count). The van der Waals surface area contributed by atoms with E-state index in [9.17, 15) is 9.90 Å². The van der Waals surface area contributed by atoms with Crippen LogP contribution in [0.1, 0.15) is 13.8 Å². The summed E-state index contributed by atoms with van der Waals surface area (Å²) in [5.74, 6) is -0.123. The molecule has 0 aliphatic carbocycles. The molecule has 0 fully saturated rings. The van der Waals surface area contributed by atoms with E-state index in [4.69, 9.17) is 0 Å². The van der Waals surface area contributed by atoms with Crippen LogP contribution in [-0.4, -0.2) is 46.6 Å². The second-order valence-electron chi connectivity index (χ2n) is 4.37. The Morgan fingerprint density at radius 2 is 2.38 bits per heavy atom. The lowest BCUT2D eigenvalue weighted by atomic mass is 10.1. The third-order valence-electron chi connectivity index (χ3n) is 1.75. The summed E-state index contributed by atoms with van der Waals surface area (Å²) >= 11 is 1.38. The van der Waals surface area contributed by atoms with Crippen molar-refractivity contribution in [3.8, 4) is 0 Å². The van der Waals surface area contributed by atoms with E-state index in [-0.39, 0.29) is 12.5 Å². The van der Waals surface area contributed by atoms with Gasteiger partial charge in [0.15, 0.2) is 5.13 Å². The topological polar surface area (TPSA) is 65.5 Å². The largest absolute Gasteiger partial charge is 0.389 e. The minimum atomic E-state index is -0.795. The first-order valence-corrected chi connectivity index (χ1v) is 5.85. The fourth-order valence-corrected chi connectivity index (χ4v) is 1.95. The zero-order valence-electron chi connectivity index (χ0n) is 9.73. The number of rotatable bonds is 5. The van der Waals surface area contributed by atoms with Crippen molar-refractivity contribution >= 4 is 22.4 Å². The maximum absolute atomic E-state index is 11.5. The molecule has 1 heterocycles. The molecule has 0 radical (unpaired) electrons. The minimum absolute atomic E-state index is 0.123. The third-order valence-corrected chi connectivity index (χ3v) is 2.44. The molecule has 0 saturated carbocycles. The van der Waals surface area contributed by atoms with Crippen molar-refractivity contribution in [2.75, 3.05) is 25.5 Å². The Morgan fingerprint density at radius 3 is 2.88 bits per heavy atom. The number of hydrogen-bond acceptors (Lipinski definition) is 5. The van der Waals surface area contributed by atoms with Gasteiger partial charge in [-0.05, 0) is 20.9 Å². The first-order chi connectivity index (χ1) is 7.37. The molecule has 1 aromatic rings. The number of nitrogens with one attached hydrogen (secondary N) is 1. The van der Waals surface area contributed by atoms with Crippen molar-refractivity contribution in [3.63, 3.8) is 0 Å². The van der Waals surface area contributed by atoms with Gasteiger partial charge in [0.1, 0.15) is 0 Å². The van der Waals surface area contributed by atoms with Crippen LogP contribution in [0.25, 0.3) is 0 Å². The highest BCUT2D eigenvalue weighted by Crippen LogP contribution is 2.10. The molecule has 0 unspecified atom stereocenters. The number of likely N-dealkylation sites (N-methyl/N-ethyl adjacent to an activating group) is 1. The van der Waals surface area contributed by atoms with Crippen molar-refractivity contribution in [1.82, 2.24) is 9.88 Å². The molecule has 0 bridgehead atoms. The molecule has 0 aliphatic rings. The first-order valence-electron chi connectivity index (χ1n) is 4.97. The SMILES string of the molecule is CN(CC(=O)Nc1nccs1)CC(C)(C)O.